The fourth-order valence-electron chi connectivity index (χ4n) is 1.55. The van der Waals surface area contributed by atoms with E-state index in [9.17, 15) is 4.79 Å². The molecular formula is C13H15N3O2. The van der Waals surface area contributed by atoms with Crippen molar-refractivity contribution in [1.29, 1.82) is 0 Å². The Bertz CT molecular complexity index is 551. The first-order valence-corrected chi connectivity index (χ1v) is 5.71. The molecule has 0 saturated carbocycles. The van der Waals surface area contributed by atoms with Crippen molar-refractivity contribution >= 4 is 16.8 Å². The van der Waals surface area contributed by atoms with Gasteiger partial charge < -0.3 is 9.64 Å². The summed E-state index contributed by atoms with van der Waals surface area (Å²) in [5, 5.41) is 0.880. The maximum absolute atomic E-state index is 11.0. The average Bonchev–Trinajstić information content (AvgIpc) is 2.38. The van der Waals surface area contributed by atoms with Gasteiger partial charge in [-0.25, -0.2) is 9.97 Å². The summed E-state index contributed by atoms with van der Waals surface area (Å²) in [6.45, 7) is 2.54. The second-order valence-electron chi connectivity index (χ2n) is 4.00. The number of amides is 1. The van der Waals surface area contributed by atoms with Crippen LogP contribution in [-0.4, -0.2) is 41.0 Å². The highest BCUT2D eigenvalue weighted by Crippen LogP contribution is 2.22. The molecular weight excluding hydrogens is 230 g/mol. The molecule has 1 aromatic heterocycles. The number of rotatable bonds is 4. The summed E-state index contributed by atoms with van der Waals surface area (Å²) >= 11 is 0. The molecule has 0 unspecified atom stereocenters. The van der Waals surface area contributed by atoms with Crippen LogP contribution in [-0.2, 0) is 4.79 Å². The number of aromatic nitrogens is 2. The summed E-state index contributed by atoms with van der Waals surface area (Å²) in [6.07, 6.45) is 3.24. The fourth-order valence-corrected chi connectivity index (χ4v) is 1.55. The van der Waals surface area contributed by atoms with Crippen molar-refractivity contribution < 1.29 is 9.53 Å². The third-order valence-electron chi connectivity index (χ3n) is 2.73. The van der Waals surface area contributed by atoms with Crippen LogP contribution < -0.4 is 4.74 Å². The van der Waals surface area contributed by atoms with E-state index in [0.717, 1.165) is 16.7 Å². The van der Waals surface area contributed by atoms with Crippen LogP contribution in [0.3, 0.4) is 0 Å². The molecule has 0 spiro atoms. The molecule has 2 rings (SSSR count). The predicted molar refractivity (Wildman–Crippen MR) is 68.3 cm³/mol. The molecule has 0 aliphatic rings. The van der Waals surface area contributed by atoms with Gasteiger partial charge in [-0.2, -0.15) is 0 Å². The molecule has 0 radical (unpaired) electrons. The van der Waals surface area contributed by atoms with Gasteiger partial charge in [0.15, 0.2) is 0 Å². The molecule has 0 fully saturated rings. The molecule has 0 bridgehead atoms. The van der Waals surface area contributed by atoms with Crippen molar-refractivity contribution in [1.82, 2.24) is 14.9 Å². The van der Waals surface area contributed by atoms with Gasteiger partial charge in [0.2, 0.25) is 5.91 Å². The molecule has 94 valence electrons. The summed E-state index contributed by atoms with van der Waals surface area (Å²) in [5.41, 5.74) is 0.849. The lowest BCUT2D eigenvalue weighted by molar-refractivity contribution is -0.127. The second kappa shape index (κ2) is 5.44. The Morgan fingerprint density at radius 3 is 3.06 bits per heavy atom. The number of ether oxygens (including phenoxy) is 1. The molecule has 18 heavy (non-hydrogen) atoms. The number of likely N-dealkylation sites (N-methyl/N-ethyl adjacent to an activating group) is 1. The zero-order valence-electron chi connectivity index (χ0n) is 10.5. The van der Waals surface area contributed by atoms with Crippen LogP contribution in [0.1, 0.15) is 6.92 Å². The molecule has 1 heterocycles. The van der Waals surface area contributed by atoms with Gasteiger partial charge in [-0.1, -0.05) is 6.07 Å². The zero-order valence-corrected chi connectivity index (χ0v) is 10.5. The molecule has 5 heteroatoms. The monoisotopic (exact) mass is 245 g/mol. The number of carbonyl (C=O) groups is 1. The van der Waals surface area contributed by atoms with Gasteiger partial charge >= 0.3 is 0 Å². The van der Waals surface area contributed by atoms with Crippen molar-refractivity contribution in [3.05, 3.63) is 30.7 Å². The van der Waals surface area contributed by atoms with E-state index in [2.05, 4.69) is 9.97 Å². The summed E-state index contributed by atoms with van der Waals surface area (Å²) in [6, 6.07) is 5.67. The van der Waals surface area contributed by atoms with Crippen molar-refractivity contribution in [3.63, 3.8) is 0 Å². The Labute approximate surface area is 105 Å². The van der Waals surface area contributed by atoms with E-state index in [1.54, 1.807) is 18.1 Å². The number of benzene rings is 1. The normalized spacial score (nSPS) is 10.3. The molecule has 0 aliphatic heterocycles. The lowest BCUT2D eigenvalue weighted by Gasteiger charge is -2.15. The fraction of sp³-hybridized carbons (Fsp3) is 0.308. The number of carbonyl (C=O) groups excluding carboxylic acids is 1. The third kappa shape index (κ3) is 2.74. The largest absolute Gasteiger partial charge is 0.491 e. The molecule has 0 N–H and O–H groups in total. The second-order valence-corrected chi connectivity index (χ2v) is 4.00. The molecule has 2 aromatic rings. The number of nitrogens with zero attached hydrogens (tertiary/aromatic N) is 3. The Hall–Kier alpha value is -2.17. The lowest BCUT2D eigenvalue weighted by Crippen LogP contribution is -2.28. The highest BCUT2D eigenvalue weighted by atomic mass is 16.5. The highest BCUT2D eigenvalue weighted by Gasteiger charge is 2.05. The van der Waals surface area contributed by atoms with Crippen molar-refractivity contribution in [3.8, 4) is 5.75 Å². The van der Waals surface area contributed by atoms with Gasteiger partial charge in [0.25, 0.3) is 0 Å². The van der Waals surface area contributed by atoms with Crippen LogP contribution in [0.15, 0.2) is 30.7 Å². The smallest absolute Gasteiger partial charge is 0.219 e. The van der Waals surface area contributed by atoms with Crippen LogP contribution in [0.25, 0.3) is 10.9 Å². The van der Waals surface area contributed by atoms with Gasteiger partial charge in [0.1, 0.15) is 18.7 Å². The third-order valence-corrected chi connectivity index (χ3v) is 2.73. The summed E-state index contributed by atoms with van der Waals surface area (Å²) in [5.74, 6) is 0.768. The summed E-state index contributed by atoms with van der Waals surface area (Å²) in [7, 11) is 1.75. The number of hydrogen-bond donors (Lipinski definition) is 0. The van der Waals surface area contributed by atoms with Gasteiger partial charge in [0.05, 0.1) is 17.4 Å². The highest BCUT2D eigenvalue weighted by molar-refractivity contribution is 5.83. The van der Waals surface area contributed by atoms with Crippen molar-refractivity contribution in [2.24, 2.45) is 0 Å². The minimum absolute atomic E-state index is 0.0276. The van der Waals surface area contributed by atoms with E-state index in [4.69, 9.17) is 4.74 Å². The Morgan fingerprint density at radius 2 is 2.28 bits per heavy atom. The average molecular weight is 245 g/mol. The topological polar surface area (TPSA) is 55.3 Å². The molecule has 1 amide bonds. The Kier molecular flexibility index (Phi) is 3.72. The first kappa shape index (κ1) is 12.3. The van der Waals surface area contributed by atoms with Crippen molar-refractivity contribution in [2.75, 3.05) is 20.2 Å². The first-order valence-electron chi connectivity index (χ1n) is 5.71. The van der Waals surface area contributed by atoms with Crippen LogP contribution in [0.4, 0.5) is 0 Å². The van der Waals surface area contributed by atoms with E-state index >= 15 is 0 Å². The van der Waals surface area contributed by atoms with Gasteiger partial charge in [0, 0.05) is 20.2 Å². The molecule has 1 aromatic carbocycles. The maximum atomic E-state index is 11.0. The molecule has 5 nitrogen and oxygen atoms in total. The lowest BCUT2D eigenvalue weighted by atomic mass is 10.2. The first-order chi connectivity index (χ1) is 8.68. The quantitative estimate of drug-likeness (QED) is 0.818. The van der Waals surface area contributed by atoms with Crippen LogP contribution in [0.2, 0.25) is 0 Å². The van der Waals surface area contributed by atoms with Crippen LogP contribution in [0.5, 0.6) is 5.75 Å². The number of fused-ring (bicyclic) bond motifs is 1. The van der Waals surface area contributed by atoms with E-state index in [1.165, 1.54) is 13.3 Å². The molecule has 0 saturated heterocycles. The predicted octanol–water partition coefficient (Wildman–Crippen LogP) is 1.49. The Morgan fingerprint density at radius 1 is 1.44 bits per heavy atom. The maximum Gasteiger partial charge on any atom is 0.219 e. The van der Waals surface area contributed by atoms with E-state index < -0.39 is 0 Å². The minimum Gasteiger partial charge on any atom is -0.491 e. The van der Waals surface area contributed by atoms with Crippen LogP contribution in [0, 0.1) is 0 Å². The molecule has 0 atom stereocenters. The summed E-state index contributed by atoms with van der Waals surface area (Å²) < 4.78 is 5.67. The SMILES string of the molecule is CC(=O)N(C)CCOc1cccc2ncncc12. The number of hydrogen-bond acceptors (Lipinski definition) is 4. The van der Waals surface area contributed by atoms with Gasteiger partial charge in [-0.3, -0.25) is 4.79 Å². The standard InChI is InChI=1S/C13H15N3O2/c1-10(17)16(2)6-7-18-13-5-3-4-12-11(13)8-14-9-15-12/h3-5,8-9H,6-7H2,1-2H3. The van der Waals surface area contributed by atoms with Crippen molar-refractivity contribution in [2.45, 2.75) is 6.92 Å². The minimum atomic E-state index is 0.0276. The van der Waals surface area contributed by atoms with E-state index in [1.807, 2.05) is 18.2 Å². The molecule has 0 aliphatic carbocycles. The summed E-state index contributed by atoms with van der Waals surface area (Å²) in [4.78, 5) is 20.8. The van der Waals surface area contributed by atoms with Crippen LogP contribution >= 0.6 is 0 Å². The van der Waals surface area contributed by atoms with Gasteiger partial charge in [-0.15, -0.1) is 0 Å². The van der Waals surface area contributed by atoms with Gasteiger partial charge in [-0.05, 0) is 12.1 Å². The Balaban J connectivity index is 2.06. The van der Waals surface area contributed by atoms with E-state index in [0.29, 0.717) is 13.2 Å². The van der Waals surface area contributed by atoms with E-state index in [-0.39, 0.29) is 5.91 Å². The zero-order chi connectivity index (χ0) is 13.0.